The van der Waals surface area contributed by atoms with Crippen LogP contribution in [0.1, 0.15) is 27.6 Å². The Morgan fingerprint density at radius 3 is 2.33 bits per heavy atom. The van der Waals surface area contributed by atoms with Gasteiger partial charge in [-0.1, -0.05) is 0 Å². The Morgan fingerprint density at radius 1 is 1.28 bits per heavy atom. The molecule has 0 spiro atoms. The molecule has 6 nitrogen and oxygen atoms in total. The summed E-state index contributed by atoms with van der Waals surface area (Å²) in [5, 5.41) is 0. The number of Topliss-reactive ketones (excluding diaryl/α,β-unsaturated/α-hetero) is 1. The lowest BCUT2D eigenvalue weighted by Crippen LogP contribution is -2.14. The van der Waals surface area contributed by atoms with Crippen molar-refractivity contribution in [3.8, 4) is 0 Å². The van der Waals surface area contributed by atoms with E-state index in [-0.39, 0.29) is 17.0 Å². The summed E-state index contributed by atoms with van der Waals surface area (Å²) in [6.07, 6.45) is 0.965. The molecule has 0 atom stereocenters. The topological polar surface area (TPSA) is 89.5 Å². The van der Waals surface area contributed by atoms with E-state index >= 15 is 0 Å². The second-order valence-corrected chi connectivity index (χ2v) is 5.43. The first kappa shape index (κ1) is 14.2. The first-order valence-electron chi connectivity index (χ1n) is 4.95. The number of ketones is 1. The molecule has 0 fully saturated rings. The van der Waals surface area contributed by atoms with Crippen molar-refractivity contribution in [1.82, 2.24) is 0 Å². The molecule has 0 aliphatic carbocycles. The predicted octanol–water partition coefficient (Wildman–Crippen LogP) is 1.05. The van der Waals surface area contributed by atoms with Gasteiger partial charge in [0.1, 0.15) is 0 Å². The van der Waals surface area contributed by atoms with Crippen molar-refractivity contribution in [2.75, 3.05) is 18.1 Å². The maximum absolute atomic E-state index is 11.5. The number of ether oxygens (including phenoxy) is 1. The smallest absolute Gasteiger partial charge is 0.340 e. The lowest BCUT2D eigenvalue weighted by molar-refractivity contribution is 0.0602. The molecule has 1 aromatic rings. The van der Waals surface area contributed by atoms with Gasteiger partial charge in [-0.05, 0) is 25.1 Å². The van der Waals surface area contributed by atoms with Gasteiger partial charge in [0, 0.05) is 5.56 Å². The average molecular weight is 271 g/mol. The Bertz CT molecular complexity index is 591. The van der Waals surface area contributed by atoms with Crippen LogP contribution in [0.15, 0.2) is 18.2 Å². The Kier molecular flexibility index (Phi) is 4.07. The summed E-state index contributed by atoms with van der Waals surface area (Å²) >= 11 is 0. The molecule has 0 saturated carbocycles. The lowest BCUT2D eigenvalue weighted by Gasteiger charge is -2.10. The van der Waals surface area contributed by atoms with E-state index in [1.807, 2.05) is 0 Å². The van der Waals surface area contributed by atoms with Gasteiger partial charge >= 0.3 is 5.97 Å². The van der Waals surface area contributed by atoms with Crippen LogP contribution in [0.5, 0.6) is 0 Å². The van der Waals surface area contributed by atoms with Gasteiger partial charge in [-0.3, -0.25) is 9.52 Å². The fourth-order valence-electron chi connectivity index (χ4n) is 1.33. The van der Waals surface area contributed by atoms with E-state index in [0.717, 1.165) is 6.26 Å². The van der Waals surface area contributed by atoms with Crippen LogP contribution in [0.2, 0.25) is 0 Å². The van der Waals surface area contributed by atoms with Gasteiger partial charge in [-0.25, -0.2) is 13.2 Å². The van der Waals surface area contributed by atoms with Crippen LogP contribution in [-0.2, 0) is 14.8 Å². The quantitative estimate of drug-likeness (QED) is 0.653. The van der Waals surface area contributed by atoms with E-state index in [4.69, 9.17) is 0 Å². The van der Waals surface area contributed by atoms with Crippen LogP contribution >= 0.6 is 0 Å². The summed E-state index contributed by atoms with van der Waals surface area (Å²) in [6.45, 7) is 1.35. The molecule has 0 bridgehead atoms. The Balaban J connectivity index is 3.34. The number of methoxy groups -OCH3 is 1. The number of hydrogen-bond donors (Lipinski definition) is 1. The number of carbonyl (C=O) groups excluding carboxylic acids is 2. The van der Waals surface area contributed by atoms with Crippen molar-refractivity contribution in [2.45, 2.75) is 6.92 Å². The SMILES string of the molecule is COC(=O)c1cc(C(C)=O)ccc1NS(C)(=O)=O. The van der Waals surface area contributed by atoms with Crippen LogP contribution in [0.25, 0.3) is 0 Å². The van der Waals surface area contributed by atoms with E-state index in [1.54, 1.807) is 0 Å². The van der Waals surface area contributed by atoms with Gasteiger partial charge < -0.3 is 4.74 Å². The van der Waals surface area contributed by atoms with E-state index in [0.29, 0.717) is 5.56 Å². The first-order valence-corrected chi connectivity index (χ1v) is 6.85. The van der Waals surface area contributed by atoms with Crippen LogP contribution in [0.4, 0.5) is 5.69 Å². The van der Waals surface area contributed by atoms with Gasteiger partial charge in [0.05, 0.1) is 24.6 Å². The summed E-state index contributed by atoms with van der Waals surface area (Å²) < 4.78 is 29.0. The zero-order chi connectivity index (χ0) is 13.9. The first-order chi connectivity index (χ1) is 8.24. The maximum Gasteiger partial charge on any atom is 0.340 e. The number of sulfonamides is 1. The van der Waals surface area contributed by atoms with Crippen molar-refractivity contribution >= 4 is 27.5 Å². The molecule has 0 amide bonds. The summed E-state index contributed by atoms with van der Waals surface area (Å²) in [6, 6.07) is 4.08. The molecule has 98 valence electrons. The van der Waals surface area contributed by atoms with Crippen molar-refractivity contribution in [2.24, 2.45) is 0 Å². The predicted molar refractivity (Wildman–Crippen MR) is 66.3 cm³/mol. The molecule has 1 aromatic carbocycles. The summed E-state index contributed by atoms with van der Waals surface area (Å²) in [5.74, 6) is -0.949. The minimum absolute atomic E-state index is 0.00405. The van der Waals surface area contributed by atoms with Gasteiger partial charge in [-0.2, -0.15) is 0 Å². The van der Waals surface area contributed by atoms with E-state index in [2.05, 4.69) is 9.46 Å². The van der Waals surface area contributed by atoms with Gasteiger partial charge in [-0.15, -0.1) is 0 Å². The molecule has 0 heterocycles. The van der Waals surface area contributed by atoms with Crippen LogP contribution in [0, 0.1) is 0 Å². The molecule has 0 aliphatic rings. The minimum Gasteiger partial charge on any atom is -0.465 e. The molecule has 0 aliphatic heterocycles. The molecular formula is C11H13NO5S. The second-order valence-electron chi connectivity index (χ2n) is 3.68. The van der Waals surface area contributed by atoms with Crippen molar-refractivity contribution in [3.63, 3.8) is 0 Å². The highest BCUT2D eigenvalue weighted by molar-refractivity contribution is 7.92. The number of nitrogens with one attached hydrogen (secondary N) is 1. The number of esters is 1. The van der Waals surface area contributed by atoms with Gasteiger partial charge in [0.15, 0.2) is 5.78 Å². The minimum atomic E-state index is -3.52. The van der Waals surface area contributed by atoms with Crippen molar-refractivity contribution in [1.29, 1.82) is 0 Å². The molecule has 0 aromatic heterocycles. The van der Waals surface area contributed by atoms with Crippen molar-refractivity contribution < 1.29 is 22.7 Å². The van der Waals surface area contributed by atoms with E-state index < -0.39 is 16.0 Å². The molecular weight excluding hydrogens is 258 g/mol. The molecule has 0 unspecified atom stereocenters. The maximum atomic E-state index is 11.5. The summed E-state index contributed by atoms with van der Waals surface area (Å²) in [5.41, 5.74) is 0.374. The fraction of sp³-hybridized carbons (Fsp3) is 0.273. The summed E-state index contributed by atoms with van der Waals surface area (Å²) in [7, 11) is -2.34. The number of rotatable bonds is 4. The zero-order valence-electron chi connectivity index (χ0n) is 10.2. The Morgan fingerprint density at radius 2 is 1.89 bits per heavy atom. The number of carbonyl (C=O) groups is 2. The number of anilines is 1. The highest BCUT2D eigenvalue weighted by Crippen LogP contribution is 2.20. The van der Waals surface area contributed by atoms with E-state index in [9.17, 15) is 18.0 Å². The van der Waals surface area contributed by atoms with Crippen molar-refractivity contribution in [3.05, 3.63) is 29.3 Å². The molecule has 7 heteroatoms. The highest BCUT2D eigenvalue weighted by Gasteiger charge is 2.16. The molecule has 0 radical (unpaired) electrons. The van der Waals surface area contributed by atoms with Crippen LogP contribution in [-0.4, -0.2) is 33.5 Å². The molecule has 1 rings (SSSR count). The monoisotopic (exact) mass is 271 g/mol. The second kappa shape index (κ2) is 5.18. The third-order valence-electron chi connectivity index (χ3n) is 2.13. The molecule has 0 saturated heterocycles. The fourth-order valence-corrected chi connectivity index (χ4v) is 1.91. The molecule has 18 heavy (non-hydrogen) atoms. The van der Waals surface area contributed by atoms with Crippen LogP contribution < -0.4 is 4.72 Å². The largest absolute Gasteiger partial charge is 0.465 e. The zero-order valence-corrected chi connectivity index (χ0v) is 11.0. The Labute approximate surface area is 105 Å². The number of hydrogen-bond acceptors (Lipinski definition) is 5. The average Bonchev–Trinajstić information content (AvgIpc) is 2.26. The summed E-state index contributed by atoms with van der Waals surface area (Å²) in [4.78, 5) is 22.7. The lowest BCUT2D eigenvalue weighted by atomic mass is 10.1. The Hall–Kier alpha value is -1.89. The third kappa shape index (κ3) is 3.56. The highest BCUT2D eigenvalue weighted by atomic mass is 32.2. The third-order valence-corrected chi connectivity index (χ3v) is 2.72. The standard InChI is InChI=1S/C11H13NO5S/c1-7(13)8-4-5-10(12-18(3,15)16)9(6-8)11(14)17-2/h4-6,12H,1-3H3. The van der Waals surface area contributed by atoms with Gasteiger partial charge in [0.2, 0.25) is 10.0 Å². The van der Waals surface area contributed by atoms with Gasteiger partial charge in [0.25, 0.3) is 0 Å². The van der Waals surface area contributed by atoms with Crippen LogP contribution in [0.3, 0.4) is 0 Å². The van der Waals surface area contributed by atoms with E-state index in [1.165, 1.54) is 32.2 Å². The normalized spacial score (nSPS) is 10.8. The number of benzene rings is 1. The molecule has 1 N–H and O–H groups in total.